The lowest BCUT2D eigenvalue weighted by atomic mass is 9.86. The van der Waals surface area contributed by atoms with Crippen LogP contribution < -0.4 is 5.32 Å². The Labute approximate surface area is 101 Å². The summed E-state index contributed by atoms with van der Waals surface area (Å²) in [7, 11) is 2.25. The first-order valence-electron chi connectivity index (χ1n) is 6.51. The largest absolute Gasteiger partial charge is 0.305 e. The highest BCUT2D eigenvalue weighted by Crippen LogP contribution is 2.27. The van der Waals surface area contributed by atoms with Gasteiger partial charge in [-0.1, -0.05) is 25.7 Å². The minimum atomic E-state index is 0.573. The summed E-state index contributed by atoms with van der Waals surface area (Å²) in [6.07, 6.45) is 10.7. The van der Waals surface area contributed by atoms with Crippen molar-refractivity contribution in [3.63, 3.8) is 0 Å². The molecule has 0 aromatic heterocycles. The highest BCUT2D eigenvalue weighted by atomic mass is 15.2. The molecule has 2 nitrogen and oxygen atoms in total. The number of terminal acetylenes is 1. The monoisotopic (exact) mass is 222 g/mol. The smallest absolute Gasteiger partial charge is 0.0574 e. The molecule has 0 aliphatic heterocycles. The van der Waals surface area contributed by atoms with Crippen LogP contribution in [-0.2, 0) is 0 Å². The summed E-state index contributed by atoms with van der Waals surface area (Å²) < 4.78 is 0. The average molecular weight is 222 g/mol. The zero-order chi connectivity index (χ0) is 12.0. The van der Waals surface area contributed by atoms with Crippen molar-refractivity contribution in [2.75, 3.05) is 20.1 Å². The summed E-state index contributed by atoms with van der Waals surface area (Å²) in [5.74, 6) is 3.51. The lowest BCUT2D eigenvalue weighted by molar-refractivity contribution is 0.125. The zero-order valence-electron chi connectivity index (χ0n) is 11.0. The lowest BCUT2D eigenvalue weighted by Crippen LogP contribution is -2.45. The number of nitrogens with zero attached hydrogens (tertiary/aromatic N) is 1. The van der Waals surface area contributed by atoms with Crippen molar-refractivity contribution >= 4 is 0 Å². The third-order valence-electron chi connectivity index (χ3n) is 3.85. The number of nitrogens with one attached hydrogen (secondary N) is 1. The predicted octanol–water partition coefficient (Wildman–Crippen LogP) is 2.11. The number of likely N-dealkylation sites (N-methyl/N-ethyl adjacent to an activating group) is 1. The third-order valence-corrected chi connectivity index (χ3v) is 3.85. The maximum absolute atomic E-state index is 5.23. The number of rotatable bonds is 5. The molecule has 1 rings (SSSR count). The summed E-state index contributed by atoms with van der Waals surface area (Å²) >= 11 is 0. The molecule has 0 spiro atoms. The molecule has 3 atom stereocenters. The Morgan fingerprint density at radius 1 is 1.50 bits per heavy atom. The standard InChI is InChI=1S/C14H26N2/c1-5-9-15-11-13(3)16(4)14-8-6-7-12(2)10-14/h1,12-15H,6-11H2,2-4H3. The highest BCUT2D eigenvalue weighted by Gasteiger charge is 2.24. The van der Waals surface area contributed by atoms with Gasteiger partial charge in [0.15, 0.2) is 0 Å². The Kier molecular flexibility index (Phi) is 5.87. The zero-order valence-corrected chi connectivity index (χ0v) is 11.0. The molecule has 92 valence electrons. The van der Waals surface area contributed by atoms with E-state index in [1.807, 2.05) is 0 Å². The molecule has 1 aliphatic carbocycles. The van der Waals surface area contributed by atoms with Crippen LogP contribution in [0, 0.1) is 18.3 Å². The molecular weight excluding hydrogens is 196 g/mol. The Morgan fingerprint density at radius 2 is 2.25 bits per heavy atom. The van der Waals surface area contributed by atoms with Crippen molar-refractivity contribution in [2.24, 2.45) is 5.92 Å². The SMILES string of the molecule is C#CCNCC(C)N(C)C1CCCC(C)C1. The fraction of sp³-hybridized carbons (Fsp3) is 0.857. The summed E-state index contributed by atoms with van der Waals surface area (Å²) in [6.45, 7) is 6.33. The third kappa shape index (κ3) is 4.15. The molecule has 1 saturated carbocycles. The first-order chi connectivity index (χ1) is 7.65. The molecule has 0 heterocycles. The van der Waals surface area contributed by atoms with E-state index in [-0.39, 0.29) is 0 Å². The van der Waals surface area contributed by atoms with Crippen LogP contribution in [0.4, 0.5) is 0 Å². The fourth-order valence-electron chi connectivity index (χ4n) is 2.63. The Balaban J connectivity index is 2.31. The van der Waals surface area contributed by atoms with Gasteiger partial charge in [-0.3, -0.25) is 4.90 Å². The fourth-order valence-corrected chi connectivity index (χ4v) is 2.63. The van der Waals surface area contributed by atoms with Crippen LogP contribution in [0.25, 0.3) is 0 Å². The van der Waals surface area contributed by atoms with E-state index in [0.29, 0.717) is 12.6 Å². The molecule has 0 aromatic rings. The molecule has 0 aromatic carbocycles. The summed E-state index contributed by atoms with van der Waals surface area (Å²) in [6, 6.07) is 1.34. The maximum atomic E-state index is 5.23. The van der Waals surface area contributed by atoms with Gasteiger partial charge >= 0.3 is 0 Å². The molecule has 1 fully saturated rings. The van der Waals surface area contributed by atoms with E-state index in [1.165, 1.54) is 25.7 Å². The lowest BCUT2D eigenvalue weighted by Gasteiger charge is -2.37. The summed E-state index contributed by atoms with van der Waals surface area (Å²) in [4.78, 5) is 2.53. The van der Waals surface area contributed by atoms with Crippen molar-refractivity contribution in [3.8, 4) is 12.3 Å². The number of hydrogen-bond acceptors (Lipinski definition) is 2. The van der Waals surface area contributed by atoms with Gasteiger partial charge in [0, 0.05) is 18.6 Å². The average Bonchev–Trinajstić information content (AvgIpc) is 2.28. The van der Waals surface area contributed by atoms with E-state index in [2.05, 4.69) is 37.0 Å². The quantitative estimate of drug-likeness (QED) is 0.566. The van der Waals surface area contributed by atoms with Gasteiger partial charge in [0.1, 0.15) is 0 Å². The molecule has 1 N–H and O–H groups in total. The van der Waals surface area contributed by atoms with Crippen LogP contribution in [0.2, 0.25) is 0 Å². The Morgan fingerprint density at radius 3 is 2.88 bits per heavy atom. The van der Waals surface area contributed by atoms with E-state index in [1.54, 1.807) is 0 Å². The molecule has 16 heavy (non-hydrogen) atoms. The van der Waals surface area contributed by atoms with Gasteiger partial charge in [-0.2, -0.15) is 0 Å². The van der Waals surface area contributed by atoms with Gasteiger partial charge in [0.2, 0.25) is 0 Å². The molecule has 0 amide bonds. The number of hydrogen-bond donors (Lipinski definition) is 1. The van der Waals surface area contributed by atoms with Crippen LogP contribution in [0.1, 0.15) is 39.5 Å². The van der Waals surface area contributed by atoms with E-state index in [9.17, 15) is 0 Å². The van der Waals surface area contributed by atoms with E-state index in [0.717, 1.165) is 18.5 Å². The van der Waals surface area contributed by atoms with Crippen molar-refractivity contribution in [1.82, 2.24) is 10.2 Å². The van der Waals surface area contributed by atoms with Gasteiger partial charge in [-0.15, -0.1) is 6.42 Å². The molecule has 1 aliphatic rings. The second-order valence-electron chi connectivity index (χ2n) is 5.28. The normalized spacial score (nSPS) is 27.7. The van der Waals surface area contributed by atoms with Crippen LogP contribution in [0.15, 0.2) is 0 Å². The van der Waals surface area contributed by atoms with Gasteiger partial charge < -0.3 is 5.32 Å². The molecule has 0 bridgehead atoms. The first-order valence-corrected chi connectivity index (χ1v) is 6.51. The van der Waals surface area contributed by atoms with Crippen molar-refractivity contribution < 1.29 is 0 Å². The minimum Gasteiger partial charge on any atom is -0.305 e. The van der Waals surface area contributed by atoms with E-state index in [4.69, 9.17) is 6.42 Å². The van der Waals surface area contributed by atoms with Gasteiger partial charge in [-0.05, 0) is 32.7 Å². The van der Waals surface area contributed by atoms with Crippen LogP contribution in [-0.4, -0.2) is 37.1 Å². The van der Waals surface area contributed by atoms with Crippen molar-refractivity contribution in [3.05, 3.63) is 0 Å². The maximum Gasteiger partial charge on any atom is 0.0574 e. The van der Waals surface area contributed by atoms with Gasteiger partial charge in [0.05, 0.1) is 6.54 Å². The van der Waals surface area contributed by atoms with Crippen LogP contribution >= 0.6 is 0 Å². The van der Waals surface area contributed by atoms with E-state index < -0.39 is 0 Å². The van der Waals surface area contributed by atoms with Gasteiger partial charge in [0.25, 0.3) is 0 Å². The van der Waals surface area contributed by atoms with Crippen molar-refractivity contribution in [1.29, 1.82) is 0 Å². The van der Waals surface area contributed by atoms with Crippen LogP contribution in [0.5, 0.6) is 0 Å². The molecule has 2 heteroatoms. The van der Waals surface area contributed by atoms with Gasteiger partial charge in [-0.25, -0.2) is 0 Å². The second-order valence-corrected chi connectivity index (χ2v) is 5.28. The Hall–Kier alpha value is -0.520. The molecule has 0 saturated heterocycles. The summed E-state index contributed by atoms with van der Waals surface area (Å²) in [5.41, 5.74) is 0. The first kappa shape index (κ1) is 13.5. The predicted molar refractivity (Wildman–Crippen MR) is 70.3 cm³/mol. The van der Waals surface area contributed by atoms with E-state index >= 15 is 0 Å². The molecular formula is C14H26N2. The highest BCUT2D eigenvalue weighted by molar-refractivity contribution is 4.87. The summed E-state index contributed by atoms with van der Waals surface area (Å²) in [5, 5.41) is 3.29. The molecule has 3 unspecified atom stereocenters. The minimum absolute atomic E-state index is 0.573. The molecule has 0 radical (unpaired) electrons. The second kappa shape index (κ2) is 6.93. The van der Waals surface area contributed by atoms with Crippen LogP contribution in [0.3, 0.4) is 0 Å². The Bertz CT molecular complexity index is 231. The van der Waals surface area contributed by atoms with Crippen molar-refractivity contribution in [2.45, 2.75) is 51.6 Å². The topological polar surface area (TPSA) is 15.3 Å².